The van der Waals surface area contributed by atoms with E-state index in [9.17, 15) is 0 Å². The molecule has 4 heteroatoms. The Labute approximate surface area is 65.9 Å². The predicted octanol–water partition coefficient (Wildman–Crippen LogP) is 0.381. The molecule has 0 atom stereocenters. The number of hydrogen-bond donors (Lipinski definition) is 1. The number of benzene rings is 1. The van der Waals surface area contributed by atoms with Gasteiger partial charge in [0.1, 0.15) is 12.2 Å². The number of hydrogen-bond acceptors (Lipinski definition) is 3. The van der Waals surface area contributed by atoms with Gasteiger partial charge in [-0.05, 0) is 12.1 Å². The van der Waals surface area contributed by atoms with Crippen LogP contribution in [-0.2, 0) is 6.68 Å². The molecule has 1 N–H and O–H groups in total. The maximum atomic E-state index is 9.07. The summed E-state index contributed by atoms with van der Waals surface area (Å²) >= 11 is 0. The Bertz CT molecular complexity index is 434. The van der Waals surface area contributed by atoms with Crippen molar-refractivity contribution in [2.75, 3.05) is 0 Å². The zero-order valence-electron chi connectivity index (χ0n) is 7.60. The van der Waals surface area contributed by atoms with Crippen molar-refractivity contribution in [3.05, 3.63) is 24.3 Å². The molecule has 2 rings (SSSR count). The van der Waals surface area contributed by atoms with Crippen LogP contribution in [0.25, 0.3) is 11.0 Å². The van der Waals surface area contributed by atoms with Crippen LogP contribution in [0.2, 0.25) is 0 Å². The normalized spacial score (nSPS) is 14.6. The molecule has 4 nitrogen and oxygen atoms in total. The molecule has 1 heterocycles. The van der Waals surface area contributed by atoms with E-state index >= 15 is 0 Å². The van der Waals surface area contributed by atoms with Gasteiger partial charge in [0, 0.05) is 0 Å². The molecule has 56 valence electrons. The first-order valence-corrected chi connectivity index (χ1v) is 3.12. The SMILES string of the molecule is [2H]C([2H])(O)n1nnc2ccccc21. The van der Waals surface area contributed by atoms with Gasteiger partial charge in [-0.2, -0.15) is 0 Å². The summed E-state index contributed by atoms with van der Waals surface area (Å²) in [5.41, 5.74) is 1.02. The number of rotatable bonds is 1. The highest BCUT2D eigenvalue weighted by molar-refractivity contribution is 5.73. The lowest BCUT2D eigenvalue weighted by Crippen LogP contribution is -1.97. The molecule has 0 fully saturated rings. The van der Waals surface area contributed by atoms with Gasteiger partial charge < -0.3 is 5.11 Å². The molecule has 11 heavy (non-hydrogen) atoms. The van der Waals surface area contributed by atoms with Gasteiger partial charge in [0.15, 0.2) is 0 Å². The Morgan fingerprint density at radius 2 is 2.36 bits per heavy atom. The van der Waals surface area contributed by atoms with Crippen molar-refractivity contribution < 1.29 is 7.85 Å². The zero-order valence-corrected chi connectivity index (χ0v) is 5.60. The van der Waals surface area contributed by atoms with Crippen molar-refractivity contribution in [3.63, 3.8) is 0 Å². The van der Waals surface area contributed by atoms with E-state index < -0.39 is 6.68 Å². The first-order valence-electron chi connectivity index (χ1n) is 4.12. The summed E-state index contributed by atoms with van der Waals surface area (Å²) in [7, 11) is 0. The van der Waals surface area contributed by atoms with Crippen molar-refractivity contribution >= 4 is 11.0 Å². The van der Waals surface area contributed by atoms with Crippen LogP contribution in [-0.4, -0.2) is 20.1 Å². The average Bonchev–Trinajstić information content (AvgIpc) is 2.45. The molecule has 0 bridgehead atoms. The lowest BCUT2D eigenvalue weighted by molar-refractivity contribution is 0.197. The quantitative estimate of drug-likeness (QED) is 0.641. The van der Waals surface area contributed by atoms with Crippen LogP contribution in [0, 0.1) is 0 Å². The second-order valence-corrected chi connectivity index (χ2v) is 2.09. The zero-order chi connectivity index (χ0) is 9.47. The number of para-hydroxylation sites is 1. The first-order chi connectivity index (χ1) is 6.09. The van der Waals surface area contributed by atoms with Gasteiger partial charge in [-0.25, -0.2) is 4.68 Å². The number of aromatic nitrogens is 3. The molecule has 1 aromatic carbocycles. The molecule has 0 radical (unpaired) electrons. The topological polar surface area (TPSA) is 50.9 Å². The van der Waals surface area contributed by atoms with E-state index in [2.05, 4.69) is 10.3 Å². The van der Waals surface area contributed by atoms with E-state index in [0.29, 0.717) is 11.0 Å². The van der Waals surface area contributed by atoms with Crippen LogP contribution in [0.4, 0.5) is 0 Å². The second kappa shape index (κ2) is 2.32. The van der Waals surface area contributed by atoms with Crippen LogP contribution in [0.5, 0.6) is 0 Å². The van der Waals surface area contributed by atoms with Crippen LogP contribution in [0.1, 0.15) is 2.74 Å². The Balaban J connectivity index is 2.72. The van der Waals surface area contributed by atoms with Gasteiger partial charge >= 0.3 is 0 Å². The van der Waals surface area contributed by atoms with Crippen molar-refractivity contribution in [3.8, 4) is 0 Å². The lowest BCUT2D eigenvalue weighted by atomic mass is 10.3. The van der Waals surface area contributed by atoms with Crippen LogP contribution in [0.15, 0.2) is 24.3 Å². The molecule has 0 spiro atoms. The minimum absolute atomic E-state index is 0.468. The molecule has 0 amide bonds. The summed E-state index contributed by atoms with van der Waals surface area (Å²) in [5.74, 6) is 0. The number of fused-ring (bicyclic) bond motifs is 1. The van der Waals surface area contributed by atoms with Gasteiger partial charge in [-0.15, -0.1) is 5.10 Å². The third kappa shape index (κ3) is 0.877. The fourth-order valence-electron chi connectivity index (χ4n) is 0.943. The van der Waals surface area contributed by atoms with Crippen molar-refractivity contribution in [1.29, 1.82) is 0 Å². The van der Waals surface area contributed by atoms with Gasteiger partial charge in [0.05, 0.1) is 8.26 Å². The largest absolute Gasteiger partial charge is 0.374 e. The molecular formula is C7H7N3O. The van der Waals surface area contributed by atoms with Crippen LogP contribution in [0.3, 0.4) is 0 Å². The molecule has 0 saturated heterocycles. The molecule has 0 aliphatic heterocycles. The first kappa shape index (κ1) is 4.46. The monoisotopic (exact) mass is 151 g/mol. The highest BCUT2D eigenvalue weighted by Crippen LogP contribution is 2.08. The molecule has 0 aliphatic rings. The van der Waals surface area contributed by atoms with Crippen molar-refractivity contribution in [2.45, 2.75) is 6.68 Å². The van der Waals surface area contributed by atoms with Gasteiger partial charge in [0.2, 0.25) is 0 Å². The van der Waals surface area contributed by atoms with Crippen LogP contribution < -0.4 is 0 Å². The average molecular weight is 151 g/mol. The highest BCUT2D eigenvalue weighted by Gasteiger charge is 1.99. The summed E-state index contributed by atoms with van der Waals surface area (Å²) in [4.78, 5) is 0. The Morgan fingerprint density at radius 1 is 1.55 bits per heavy atom. The molecule has 1 aromatic heterocycles. The van der Waals surface area contributed by atoms with Crippen molar-refractivity contribution in [1.82, 2.24) is 15.0 Å². The maximum Gasteiger partial charge on any atom is 0.138 e. The second-order valence-electron chi connectivity index (χ2n) is 2.09. The van der Waals surface area contributed by atoms with Crippen molar-refractivity contribution in [2.24, 2.45) is 0 Å². The molecule has 0 aliphatic carbocycles. The minimum atomic E-state index is -2.50. The standard InChI is InChI=1S/C7H7N3O/c11-5-10-7-4-2-1-3-6(7)8-9-10/h1-4,11H,5H2/i5D2. The van der Waals surface area contributed by atoms with E-state index in [1.54, 1.807) is 24.3 Å². The summed E-state index contributed by atoms with van der Waals surface area (Å²) in [6.45, 7) is -2.50. The Kier molecular flexibility index (Phi) is 0.939. The number of aliphatic hydroxyl groups is 1. The molecule has 0 saturated carbocycles. The van der Waals surface area contributed by atoms with Gasteiger partial charge in [-0.3, -0.25) is 0 Å². The Morgan fingerprint density at radius 3 is 3.18 bits per heavy atom. The summed E-state index contributed by atoms with van der Waals surface area (Å²) in [6, 6.07) is 6.84. The smallest absolute Gasteiger partial charge is 0.138 e. The minimum Gasteiger partial charge on any atom is -0.374 e. The fraction of sp³-hybridized carbons (Fsp3) is 0.143. The van der Waals surface area contributed by atoms with E-state index in [4.69, 9.17) is 7.85 Å². The molecule has 2 aromatic rings. The lowest BCUT2D eigenvalue weighted by Gasteiger charge is -1.92. The van der Waals surface area contributed by atoms with Crippen LogP contribution >= 0.6 is 0 Å². The summed E-state index contributed by atoms with van der Waals surface area (Å²) in [5, 5.41) is 16.3. The Hall–Kier alpha value is -1.42. The summed E-state index contributed by atoms with van der Waals surface area (Å²) in [6.07, 6.45) is 0. The maximum absolute atomic E-state index is 9.07. The molecule has 0 unspecified atom stereocenters. The highest BCUT2D eigenvalue weighted by atomic mass is 16.3. The van der Waals surface area contributed by atoms with E-state index in [0.717, 1.165) is 4.68 Å². The predicted molar refractivity (Wildman–Crippen MR) is 39.7 cm³/mol. The van der Waals surface area contributed by atoms with Gasteiger partial charge in [0.25, 0.3) is 0 Å². The van der Waals surface area contributed by atoms with E-state index in [1.807, 2.05) is 0 Å². The third-order valence-corrected chi connectivity index (χ3v) is 1.45. The number of nitrogens with zero attached hydrogens (tertiary/aromatic N) is 3. The van der Waals surface area contributed by atoms with E-state index in [1.165, 1.54) is 0 Å². The van der Waals surface area contributed by atoms with E-state index in [-0.39, 0.29) is 0 Å². The summed E-state index contributed by atoms with van der Waals surface area (Å²) < 4.78 is 14.9. The van der Waals surface area contributed by atoms with Gasteiger partial charge in [-0.1, -0.05) is 17.3 Å². The third-order valence-electron chi connectivity index (χ3n) is 1.45. The molecular weight excluding hydrogens is 142 g/mol. The fourth-order valence-corrected chi connectivity index (χ4v) is 0.943.